The standard InChI is InChI=1S/C22H28FN3O2/c1-18-4-3-5-20(16-18)25-10-12-26(13-11-25)22(27)17-24(2)14-15-28-21-8-6-19(23)7-9-21/h3-9,16H,10-15,17H2,1-2H3. The fraction of sp³-hybridized carbons (Fsp3) is 0.409. The quantitative estimate of drug-likeness (QED) is 0.734. The minimum absolute atomic E-state index is 0.146. The van der Waals surface area contributed by atoms with Gasteiger partial charge in [-0.2, -0.15) is 0 Å². The molecule has 1 saturated heterocycles. The highest BCUT2D eigenvalue weighted by atomic mass is 19.1. The largest absolute Gasteiger partial charge is 0.492 e. The Morgan fingerprint density at radius 3 is 2.50 bits per heavy atom. The highest BCUT2D eigenvalue weighted by molar-refractivity contribution is 5.78. The smallest absolute Gasteiger partial charge is 0.236 e. The third kappa shape index (κ3) is 5.70. The van der Waals surface area contributed by atoms with E-state index in [0.717, 1.165) is 26.2 Å². The van der Waals surface area contributed by atoms with Crippen molar-refractivity contribution in [1.29, 1.82) is 0 Å². The fourth-order valence-corrected chi connectivity index (χ4v) is 3.30. The lowest BCUT2D eigenvalue weighted by atomic mass is 10.2. The van der Waals surface area contributed by atoms with E-state index < -0.39 is 0 Å². The van der Waals surface area contributed by atoms with Crippen molar-refractivity contribution >= 4 is 11.6 Å². The molecule has 3 rings (SSSR count). The monoisotopic (exact) mass is 385 g/mol. The Hall–Kier alpha value is -2.60. The molecule has 2 aromatic rings. The predicted molar refractivity (Wildman–Crippen MR) is 109 cm³/mol. The van der Waals surface area contributed by atoms with Crippen molar-refractivity contribution in [2.75, 3.05) is 57.8 Å². The number of piperazine rings is 1. The Morgan fingerprint density at radius 1 is 1.11 bits per heavy atom. The highest BCUT2D eigenvalue weighted by Gasteiger charge is 2.22. The van der Waals surface area contributed by atoms with Crippen LogP contribution in [0, 0.1) is 12.7 Å². The molecule has 150 valence electrons. The van der Waals surface area contributed by atoms with Gasteiger partial charge in [0.05, 0.1) is 6.54 Å². The van der Waals surface area contributed by atoms with E-state index in [9.17, 15) is 9.18 Å². The maximum atomic E-state index is 12.9. The molecule has 5 nitrogen and oxygen atoms in total. The van der Waals surface area contributed by atoms with Gasteiger partial charge >= 0.3 is 0 Å². The highest BCUT2D eigenvalue weighted by Crippen LogP contribution is 2.18. The van der Waals surface area contributed by atoms with Crippen LogP contribution in [-0.2, 0) is 4.79 Å². The van der Waals surface area contributed by atoms with Crippen LogP contribution in [-0.4, -0.2) is 68.6 Å². The Labute approximate surface area is 166 Å². The number of hydrogen-bond donors (Lipinski definition) is 0. The molecule has 0 N–H and O–H groups in total. The van der Waals surface area contributed by atoms with Gasteiger partial charge in [-0.1, -0.05) is 12.1 Å². The summed E-state index contributed by atoms with van der Waals surface area (Å²) in [4.78, 5) is 18.8. The van der Waals surface area contributed by atoms with E-state index in [2.05, 4.69) is 36.1 Å². The van der Waals surface area contributed by atoms with Crippen LogP contribution in [0.15, 0.2) is 48.5 Å². The first-order valence-electron chi connectivity index (χ1n) is 9.67. The summed E-state index contributed by atoms with van der Waals surface area (Å²) in [7, 11) is 1.91. The molecule has 0 aromatic heterocycles. The number of anilines is 1. The number of halogens is 1. The van der Waals surface area contributed by atoms with Crippen molar-refractivity contribution in [3.63, 3.8) is 0 Å². The van der Waals surface area contributed by atoms with Crippen LogP contribution in [0.5, 0.6) is 5.75 Å². The first-order valence-corrected chi connectivity index (χ1v) is 9.67. The van der Waals surface area contributed by atoms with Crippen molar-refractivity contribution < 1.29 is 13.9 Å². The topological polar surface area (TPSA) is 36.0 Å². The molecule has 0 unspecified atom stereocenters. The zero-order valence-corrected chi connectivity index (χ0v) is 16.6. The lowest BCUT2D eigenvalue weighted by Gasteiger charge is -2.36. The normalized spacial score (nSPS) is 14.4. The number of ether oxygens (including phenoxy) is 1. The summed E-state index contributed by atoms with van der Waals surface area (Å²) < 4.78 is 18.5. The lowest BCUT2D eigenvalue weighted by Crippen LogP contribution is -2.51. The van der Waals surface area contributed by atoms with Crippen LogP contribution in [0.25, 0.3) is 0 Å². The molecule has 0 spiro atoms. The number of likely N-dealkylation sites (N-methyl/N-ethyl adjacent to an activating group) is 1. The fourth-order valence-electron chi connectivity index (χ4n) is 3.30. The van der Waals surface area contributed by atoms with Gasteiger partial charge in [0.25, 0.3) is 0 Å². The van der Waals surface area contributed by atoms with E-state index in [1.165, 1.54) is 23.4 Å². The third-order valence-electron chi connectivity index (χ3n) is 4.96. The van der Waals surface area contributed by atoms with Gasteiger partial charge in [0.2, 0.25) is 5.91 Å². The van der Waals surface area contributed by atoms with Crippen molar-refractivity contribution in [2.24, 2.45) is 0 Å². The van der Waals surface area contributed by atoms with E-state index in [0.29, 0.717) is 25.4 Å². The SMILES string of the molecule is Cc1cccc(N2CCN(C(=O)CN(C)CCOc3ccc(F)cc3)CC2)c1. The Bertz CT molecular complexity index is 774. The number of aryl methyl sites for hydroxylation is 1. The number of nitrogens with zero attached hydrogens (tertiary/aromatic N) is 3. The number of amides is 1. The van der Waals surface area contributed by atoms with Crippen molar-refractivity contribution in [1.82, 2.24) is 9.80 Å². The minimum Gasteiger partial charge on any atom is -0.492 e. The Balaban J connectivity index is 1.38. The summed E-state index contributed by atoms with van der Waals surface area (Å²) in [5.74, 6) is 0.499. The van der Waals surface area contributed by atoms with Crippen molar-refractivity contribution in [2.45, 2.75) is 6.92 Å². The van der Waals surface area contributed by atoms with Crippen molar-refractivity contribution in [3.8, 4) is 5.75 Å². The molecule has 0 atom stereocenters. The van der Waals surface area contributed by atoms with Gasteiger partial charge in [0.15, 0.2) is 0 Å². The molecule has 0 aliphatic carbocycles. The van der Waals surface area contributed by atoms with Crippen LogP contribution in [0.2, 0.25) is 0 Å². The van der Waals surface area contributed by atoms with Crippen LogP contribution >= 0.6 is 0 Å². The summed E-state index contributed by atoms with van der Waals surface area (Å²) in [6, 6.07) is 14.4. The van der Waals surface area contributed by atoms with Gasteiger partial charge in [0.1, 0.15) is 18.2 Å². The Kier molecular flexibility index (Phi) is 6.87. The Morgan fingerprint density at radius 2 is 1.82 bits per heavy atom. The first-order chi connectivity index (χ1) is 13.5. The molecule has 1 amide bonds. The summed E-state index contributed by atoms with van der Waals surface area (Å²) >= 11 is 0. The van der Waals surface area contributed by atoms with Gasteiger partial charge in [-0.25, -0.2) is 4.39 Å². The predicted octanol–water partition coefficient (Wildman–Crippen LogP) is 2.79. The molecule has 0 radical (unpaired) electrons. The maximum Gasteiger partial charge on any atom is 0.236 e. The van der Waals surface area contributed by atoms with Crippen LogP contribution < -0.4 is 9.64 Å². The van der Waals surface area contributed by atoms with E-state index in [1.54, 1.807) is 12.1 Å². The second-order valence-electron chi connectivity index (χ2n) is 7.25. The zero-order valence-electron chi connectivity index (χ0n) is 16.6. The second-order valence-corrected chi connectivity index (χ2v) is 7.25. The van der Waals surface area contributed by atoms with E-state index in [1.807, 2.05) is 16.8 Å². The molecular weight excluding hydrogens is 357 g/mol. The second kappa shape index (κ2) is 9.55. The van der Waals surface area contributed by atoms with Gasteiger partial charge in [-0.15, -0.1) is 0 Å². The molecule has 0 saturated carbocycles. The summed E-state index contributed by atoms with van der Waals surface area (Å²) in [5, 5.41) is 0. The molecule has 1 fully saturated rings. The number of benzene rings is 2. The maximum absolute atomic E-state index is 12.9. The molecule has 2 aromatic carbocycles. The van der Waals surface area contributed by atoms with Crippen LogP contribution in [0.4, 0.5) is 10.1 Å². The minimum atomic E-state index is -0.280. The average molecular weight is 385 g/mol. The molecule has 0 bridgehead atoms. The number of hydrogen-bond acceptors (Lipinski definition) is 4. The summed E-state index contributed by atoms with van der Waals surface area (Å²) in [5.41, 5.74) is 2.47. The first kappa shape index (κ1) is 20.1. The molecule has 1 aliphatic rings. The number of carbonyl (C=O) groups excluding carboxylic acids is 1. The van der Waals surface area contributed by atoms with Crippen LogP contribution in [0.3, 0.4) is 0 Å². The molecule has 6 heteroatoms. The average Bonchev–Trinajstić information content (AvgIpc) is 2.69. The molecular formula is C22H28FN3O2. The van der Waals surface area contributed by atoms with Gasteiger partial charge in [-0.3, -0.25) is 9.69 Å². The third-order valence-corrected chi connectivity index (χ3v) is 4.96. The van der Waals surface area contributed by atoms with Gasteiger partial charge in [0, 0.05) is 38.4 Å². The van der Waals surface area contributed by atoms with E-state index in [-0.39, 0.29) is 11.7 Å². The van der Waals surface area contributed by atoms with Gasteiger partial charge in [-0.05, 0) is 55.9 Å². The van der Waals surface area contributed by atoms with E-state index in [4.69, 9.17) is 4.74 Å². The van der Waals surface area contributed by atoms with Crippen LogP contribution in [0.1, 0.15) is 5.56 Å². The lowest BCUT2D eigenvalue weighted by molar-refractivity contribution is -0.132. The van der Waals surface area contributed by atoms with E-state index >= 15 is 0 Å². The number of carbonyl (C=O) groups is 1. The zero-order chi connectivity index (χ0) is 19.9. The number of rotatable bonds is 7. The summed E-state index contributed by atoms with van der Waals surface area (Å²) in [6.07, 6.45) is 0. The molecule has 1 aliphatic heterocycles. The van der Waals surface area contributed by atoms with Gasteiger partial charge < -0.3 is 14.5 Å². The summed E-state index contributed by atoms with van der Waals surface area (Å²) in [6.45, 7) is 6.75. The molecule has 28 heavy (non-hydrogen) atoms. The molecule has 1 heterocycles. The van der Waals surface area contributed by atoms with Crippen molar-refractivity contribution in [3.05, 3.63) is 59.9 Å².